The van der Waals surface area contributed by atoms with Gasteiger partial charge in [0.2, 0.25) is 0 Å². The minimum atomic E-state index is -4.67. The normalized spacial score (nSPS) is 12.8. The summed E-state index contributed by atoms with van der Waals surface area (Å²) < 4.78 is 31.6. The lowest BCUT2D eigenvalue weighted by Gasteiger charge is -1.75. The van der Waals surface area contributed by atoms with Gasteiger partial charge in [0.25, 0.3) is 0 Å². The fourth-order valence-electron chi connectivity index (χ4n) is 0.323. The largest absolute Gasteiger partial charge is 0.394 e. The summed E-state index contributed by atoms with van der Waals surface area (Å²) in [4.78, 5) is 3.85. The maximum Gasteiger partial charge on any atom is 0.394 e. The molecule has 0 aromatic carbocycles. The van der Waals surface area contributed by atoms with Crippen molar-refractivity contribution in [2.45, 2.75) is 0 Å². The Balaban J connectivity index is 0. The van der Waals surface area contributed by atoms with E-state index in [2.05, 4.69) is 16.9 Å². The minimum Gasteiger partial charge on any atom is -0.375 e. The number of aliphatic imine (C=N–C) groups is 1. The Bertz CT molecular complexity index is 236. The summed E-state index contributed by atoms with van der Waals surface area (Å²) in [7, 11) is -4.67. The fourth-order valence-corrected chi connectivity index (χ4v) is 0.323. The van der Waals surface area contributed by atoms with E-state index in [0.717, 1.165) is 13.1 Å². The molecule has 1 rings (SSSR count). The van der Waals surface area contributed by atoms with Crippen LogP contribution in [-0.4, -0.2) is 43.5 Å². The van der Waals surface area contributed by atoms with Crippen LogP contribution in [0.15, 0.2) is 17.6 Å². The number of nitrogens with one attached hydrogen (secondary N) is 1. The zero-order valence-electron chi connectivity index (χ0n) is 7.63. The average Bonchev–Trinajstić information content (AvgIpc) is 2.57. The smallest absolute Gasteiger partial charge is 0.375 e. The number of rotatable bonds is 1. The Hall–Kier alpha value is -0.960. The molecule has 0 atom stereocenters. The van der Waals surface area contributed by atoms with Crippen LogP contribution in [0.25, 0.3) is 0 Å². The molecule has 1 aliphatic rings. The fraction of sp³-hybridized carbons (Fsp3) is 0.500. The quantitative estimate of drug-likeness (QED) is 0.338. The molecule has 0 aliphatic carbocycles. The molecule has 5 N–H and O–H groups in total. The maximum absolute atomic E-state index is 8.74. The lowest BCUT2D eigenvalue weighted by atomic mass is 10.7. The highest BCUT2D eigenvalue weighted by Gasteiger charge is 1.84. The molecule has 0 bridgehead atoms. The molecule has 8 heteroatoms. The van der Waals surface area contributed by atoms with Gasteiger partial charge < -0.3 is 11.1 Å². The summed E-state index contributed by atoms with van der Waals surface area (Å²) in [6.07, 6.45) is 3.39. The standard InChI is InChI=1S/C3H6N2.C3H7N.H2O4S/c1-2-5-3-4-1;1-2-3-4;1-5(2,3)4/h3H,1-2H2,(H,4,5);2H,1,3-4H2;(H2,1,2,3,4). The number of nitrogens with two attached hydrogens (primary N) is 1. The van der Waals surface area contributed by atoms with Crippen LogP contribution in [-0.2, 0) is 10.4 Å². The molecule has 84 valence electrons. The lowest BCUT2D eigenvalue weighted by molar-refractivity contribution is 0.381. The van der Waals surface area contributed by atoms with E-state index in [-0.39, 0.29) is 0 Å². The first kappa shape index (κ1) is 15.5. The molecule has 1 heterocycles. The van der Waals surface area contributed by atoms with Crippen molar-refractivity contribution >= 4 is 16.7 Å². The SMILES string of the molecule is C1=NCCN1.C=CCN.O=S(=O)(O)O. The van der Waals surface area contributed by atoms with Crippen LogP contribution < -0.4 is 11.1 Å². The summed E-state index contributed by atoms with van der Waals surface area (Å²) in [6, 6.07) is 0. The van der Waals surface area contributed by atoms with Gasteiger partial charge in [0.05, 0.1) is 12.9 Å². The molecular weight excluding hydrogens is 210 g/mol. The van der Waals surface area contributed by atoms with Gasteiger partial charge in [-0.15, -0.1) is 6.58 Å². The molecule has 7 nitrogen and oxygen atoms in total. The van der Waals surface area contributed by atoms with Crippen molar-refractivity contribution in [3.63, 3.8) is 0 Å². The van der Waals surface area contributed by atoms with Gasteiger partial charge in [0.1, 0.15) is 0 Å². The van der Waals surface area contributed by atoms with Gasteiger partial charge in [-0.25, -0.2) is 0 Å². The third-order valence-corrected chi connectivity index (χ3v) is 0.734. The van der Waals surface area contributed by atoms with Gasteiger partial charge in [-0.3, -0.25) is 14.1 Å². The lowest BCUT2D eigenvalue weighted by Crippen LogP contribution is -2.04. The second-order valence-electron chi connectivity index (χ2n) is 1.96. The van der Waals surface area contributed by atoms with E-state index in [4.69, 9.17) is 23.3 Å². The molecule has 1 aliphatic heterocycles. The van der Waals surface area contributed by atoms with E-state index in [1.807, 2.05) is 0 Å². The Morgan fingerprint density at radius 1 is 1.64 bits per heavy atom. The second-order valence-corrected chi connectivity index (χ2v) is 2.86. The maximum atomic E-state index is 8.74. The Kier molecular flexibility index (Phi) is 11.2. The number of hydrogen-bond acceptors (Lipinski definition) is 5. The van der Waals surface area contributed by atoms with Crippen LogP contribution in [0.5, 0.6) is 0 Å². The third-order valence-electron chi connectivity index (χ3n) is 0.734. The molecule has 0 fully saturated rings. The summed E-state index contributed by atoms with van der Waals surface area (Å²) >= 11 is 0. The number of hydrogen-bond donors (Lipinski definition) is 4. The van der Waals surface area contributed by atoms with E-state index in [1.165, 1.54) is 0 Å². The van der Waals surface area contributed by atoms with Crippen LogP contribution in [0.4, 0.5) is 0 Å². The molecule has 14 heavy (non-hydrogen) atoms. The van der Waals surface area contributed by atoms with Crippen molar-refractivity contribution in [2.75, 3.05) is 19.6 Å². The molecule has 0 saturated heterocycles. The van der Waals surface area contributed by atoms with E-state index in [9.17, 15) is 0 Å². The van der Waals surface area contributed by atoms with Crippen molar-refractivity contribution in [3.05, 3.63) is 12.7 Å². The van der Waals surface area contributed by atoms with Gasteiger partial charge in [-0.05, 0) is 0 Å². The predicted octanol–water partition coefficient (Wildman–Crippen LogP) is -0.904. The summed E-state index contributed by atoms with van der Waals surface area (Å²) in [5.74, 6) is 0. The Morgan fingerprint density at radius 2 is 2.07 bits per heavy atom. The molecular formula is C6H15N3O4S. The summed E-state index contributed by atoms with van der Waals surface area (Å²) in [6.45, 7) is 5.92. The highest BCUT2D eigenvalue weighted by atomic mass is 32.3. The topological polar surface area (TPSA) is 125 Å². The van der Waals surface area contributed by atoms with Crippen molar-refractivity contribution in [3.8, 4) is 0 Å². The van der Waals surface area contributed by atoms with Crippen LogP contribution in [0.2, 0.25) is 0 Å². The highest BCUT2D eigenvalue weighted by Crippen LogP contribution is 1.68. The van der Waals surface area contributed by atoms with Gasteiger partial charge in [0.15, 0.2) is 0 Å². The van der Waals surface area contributed by atoms with Crippen LogP contribution in [0.3, 0.4) is 0 Å². The first-order valence-electron chi connectivity index (χ1n) is 3.64. The van der Waals surface area contributed by atoms with E-state index in [0.29, 0.717) is 6.54 Å². The average molecular weight is 225 g/mol. The molecule has 0 aromatic heterocycles. The van der Waals surface area contributed by atoms with Crippen LogP contribution in [0, 0.1) is 0 Å². The van der Waals surface area contributed by atoms with E-state index >= 15 is 0 Å². The monoisotopic (exact) mass is 225 g/mol. The first-order chi connectivity index (χ1) is 6.41. The van der Waals surface area contributed by atoms with Gasteiger partial charge in [0, 0.05) is 13.1 Å². The Labute approximate surface area is 83.3 Å². The van der Waals surface area contributed by atoms with Crippen molar-refractivity contribution < 1.29 is 17.5 Å². The van der Waals surface area contributed by atoms with Crippen molar-refractivity contribution in [1.29, 1.82) is 0 Å². The van der Waals surface area contributed by atoms with Crippen molar-refractivity contribution in [1.82, 2.24) is 5.32 Å². The molecule has 0 saturated carbocycles. The van der Waals surface area contributed by atoms with E-state index in [1.54, 1.807) is 12.4 Å². The number of nitrogens with zero attached hydrogens (tertiary/aromatic N) is 1. The highest BCUT2D eigenvalue weighted by molar-refractivity contribution is 7.79. The third kappa shape index (κ3) is 43.8. The van der Waals surface area contributed by atoms with Gasteiger partial charge in [-0.1, -0.05) is 6.08 Å². The van der Waals surface area contributed by atoms with Crippen LogP contribution in [0.1, 0.15) is 0 Å². The molecule has 0 spiro atoms. The first-order valence-corrected chi connectivity index (χ1v) is 5.04. The van der Waals surface area contributed by atoms with Gasteiger partial charge in [-0.2, -0.15) is 8.42 Å². The second kappa shape index (κ2) is 10.1. The van der Waals surface area contributed by atoms with Gasteiger partial charge >= 0.3 is 10.4 Å². The predicted molar refractivity (Wildman–Crippen MR) is 54.8 cm³/mol. The zero-order valence-corrected chi connectivity index (χ0v) is 8.44. The minimum absolute atomic E-state index is 0.583. The molecule has 0 amide bonds. The molecule has 0 aromatic rings. The molecule has 0 unspecified atom stereocenters. The van der Waals surface area contributed by atoms with E-state index < -0.39 is 10.4 Å². The summed E-state index contributed by atoms with van der Waals surface area (Å²) in [5.41, 5.74) is 4.91. The van der Waals surface area contributed by atoms with Crippen LogP contribution >= 0.6 is 0 Å². The van der Waals surface area contributed by atoms with Crippen molar-refractivity contribution in [2.24, 2.45) is 10.7 Å². The summed E-state index contributed by atoms with van der Waals surface area (Å²) in [5, 5.41) is 2.93. The zero-order chi connectivity index (χ0) is 11.4. The Morgan fingerprint density at radius 3 is 2.14 bits per heavy atom. The molecule has 0 radical (unpaired) electrons.